The van der Waals surface area contributed by atoms with E-state index in [2.05, 4.69) is 10.5 Å². The Morgan fingerprint density at radius 2 is 2.05 bits per heavy atom. The summed E-state index contributed by atoms with van der Waals surface area (Å²) in [7, 11) is 0. The maximum absolute atomic E-state index is 11.8. The first-order chi connectivity index (χ1) is 8.97. The Morgan fingerprint density at radius 1 is 1.32 bits per heavy atom. The molecule has 0 aliphatic heterocycles. The zero-order valence-corrected chi connectivity index (χ0v) is 9.88. The highest BCUT2D eigenvalue weighted by atomic mass is 16.5. The van der Waals surface area contributed by atoms with Gasteiger partial charge in [0, 0.05) is 6.07 Å². The molecule has 98 valence electrons. The number of carbonyl (C=O) groups is 2. The molecule has 3 N–H and O–H groups in total. The highest BCUT2D eigenvalue weighted by molar-refractivity contribution is 6.03. The number of rotatable bonds is 3. The van der Waals surface area contributed by atoms with Crippen molar-refractivity contribution in [2.24, 2.45) is 0 Å². The molecule has 1 heterocycles. The summed E-state index contributed by atoms with van der Waals surface area (Å²) in [5, 5.41) is 24.3. The summed E-state index contributed by atoms with van der Waals surface area (Å²) in [6, 6.07) is 4.99. The topological polar surface area (TPSA) is 113 Å². The zero-order chi connectivity index (χ0) is 14.0. The van der Waals surface area contributed by atoms with Crippen LogP contribution in [-0.4, -0.2) is 27.2 Å². The average Bonchev–Trinajstić information content (AvgIpc) is 2.78. The van der Waals surface area contributed by atoms with Crippen LogP contribution in [0.5, 0.6) is 5.75 Å². The molecule has 0 fully saturated rings. The Kier molecular flexibility index (Phi) is 3.19. The van der Waals surface area contributed by atoms with Crippen molar-refractivity contribution in [3.05, 3.63) is 41.3 Å². The molecule has 0 aliphatic rings. The van der Waals surface area contributed by atoms with E-state index in [1.165, 1.54) is 18.2 Å². The van der Waals surface area contributed by atoms with Gasteiger partial charge in [0.1, 0.15) is 5.75 Å². The molecule has 0 spiro atoms. The number of aromatic hydroxyl groups is 1. The van der Waals surface area contributed by atoms with Crippen molar-refractivity contribution in [3.63, 3.8) is 0 Å². The molecule has 1 amide bonds. The number of nitrogens with one attached hydrogen (secondary N) is 1. The van der Waals surface area contributed by atoms with Crippen molar-refractivity contribution in [1.29, 1.82) is 0 Å². The first-order valence-electron chi connectivity index (χ1n) is 5.28. The minimum atomic E-state index is -1.16. The van der Waals surface area contributed by atoms with Crippen LogP contribution in [-0.2, 0) is 0 Å². The highest BCUT2D eigenvalue weighted by Crippen LogP contribution is 2.24. The molecule has 0 bridgehead atoms. The van der Waals surface area contributed by atoms with Gasteiger partial charge in [-0.1, -0.05) is 5.16 Å². The fourth-order valence-corrected chi connectivity index (χ4v) is 1.42. The molecule has 2 aromatic rings. The first kappa shape index (κ1) is 12.6. The molecule has 19 heavy (non-hydrogen) atoms. The number of nitrogens with zero attached hydrogens (tertiary/aromatic N) is 1. The van der Waals surface area contributed by atoms with E-state index in [9.17, 15) is 14.7 Å². The number of carboxylic acid groups (broad SMARTS) is 1. The molecule has 0 aliphatic carbocycles. The number of carboxylic acids is 1. The van der Waals surface area contributed by atoms with Crippen LogP contribution in [0.1, 0.15) is 26.6 Å². The molecule has 2 rings (SSSR count). The third-order valence-electron chi connectivity index (χ3n) is 2.34. The summed E-state index contributed by atoms with van der Waals surface area (Å²) in [4.78, 5) is 22.6. The maximum atomic E-state index is 11.8. The monoisotopic (exact) mass is 262 g/mol. The Labute approximate surface area is 107 Å². The van der Waals surface area contributed by atoms with Crippen molar-refractivity contribution in [3.8, 4) is 5.75 Å². The quantitative estimate of drug-likeness (QED) is 0.725. The number of hydrogen-bond donors (Lipinski definition) is 3. The molecule has 7 nitrogen and oxygen atoms in total. The number of amides is 1. The number of aryl methyl sites for hydroxylation is 1. The first-order valence-corrected chi connectivity index (χ1v) is 5.28. The molecular weight excluding hydrogens is 252 g/mol. The van der Waals surface area contributed by atoms with Crippen molar-refractivity contribution in [1.82, 2.24) is 5.16 Å². The number of aromatic nitrogens is 1. The molecule has 0 saturated heterocycles. The summed E-state index contributed by atoms with van der Waals surface area (Å²) in [5.41, 5.74) is 0.467. The van der Waals surface area contributed by atoms with Gasteiger partial charge in [0.15, 0.2) is 0 Å². The lowest BCUT2D eigenvalue weighted by atomic mass is 10.2. The van der Waals surface area contributed by atoms with Gasteiger partial charge in [0.05, 0.1) is 16.9 Å². The number of phenols is 1. The molecule has 0 unspecified atom stereocenters. The van der Waals surface area contributed by atoms with Crippen molar-refractivity contribution in [2.75, 3.05) is 5.32 Å². The summed E-state index contributed by atoms with van der Waals surface area (Å²) < 4.78 is 4.76. The Bertz CT molecular complexity index is 647. The van der Waals surface area contributed by atoms with Gasteiger partial charge in [0.2, 0.25) is 5.76 Å². The molecule has 7 heteroatoms. The Morgan fingerprint density at radius 3 is 2.63 bits per heavy atom. The van der Waals surface area contributed by atoms with Gasteiger partial charge in [0.25, 0.3) is 5.91 Å². The third-order valence-corrected chi connectivity index (χ3v) is 2.34. The van der Waals surface area contributed by atoms with Crippen molar-refractivity contribution < 1.29 is 24.3 Å². The van der Waals surface area contributed by atoms with Crippen LogP contribution in [0.3, 0.4) is 0 Å². The minimum Gasteiger partial charge on any atom is -0.506 e. The minimum absolute atomic E-state index is 0.0149. The summed E-state index contributed by atoms with van der Waals surface area (Å²) in [6.45, 7) is 1.66. The number of carbonyl (C=O) groups excluding carboxylic acids is 1. The van der Waals surface area contributed by atoms with E-state index >= 15 is 0 Å². The van der Waals surface area contributed by atoms with Crippen LogP contribution >= 0.6 is 0 Å². The van der Waals surface area contributed by atoms with Crippen molar-refractivity contribution in [2.45, 2.75) is 6.92 Å². The number of aromatic carboxylic acids is 1. The molecular formula is C12H10N2O5. The molecule has 1 aromatic heterocycles. The second-order valence-corrected chi connectivity index (χ2v) is 3.82. The van der Waals surface area contributed by atoms with Crippen LogP contribution in [0.25, 0.3) is 0 Å². The largest absolute Gasteiger partial charge is 0.506 e. The molecule has 1 aromatic carbocycles. The number of phenolic OH excluding ortho intramolecular Hbond substituents is 1. The van der Waals surface area contributed by atoms with E-state index in [0.717, 1.165) is 6.07 Å². The van der Waals surface area contributed by atoms with Gasteiger partial charge < -0.3 is 20.1 Å². The van der Waals surface area contributed by atoms with Gasteiger partial charge >= 0.3 is 5.97 Å². The lowest BCUT2D eigenvalue weighted by molar-refractivity contribution is 0.0696. The second kappa shape index (κ2) is 4.81. The van der Waals surface area contributed by atoms with E-state index in [1.807, 2.05) is 0 Å². The summed E-state index contributed by atoms with van der Waals surface area (Å²) in [5.74, 6) is -2.06. The van der Waals surface area contributed by atoms with Gasteiger partial charge in [-0.3, -0.25) is 4.79 Å². The SMILES string of the molecule is Cc1cc(C(=O)Nc2cc(C(=O)O)ccc2O)on1. The number of benzene rings is 1. The van der Waals surface area contributed by atoms with Crippen LogP contribution < -0.4 is 5.32 Å². The predicted molar refractivity (Wildman–Crippen MR) is 64.3 cm³/mol. The van der Waals surface area contributed by atoms with E-state index in [1.54, 1.807) is 6.92 Å². The van der Waals surface area contributed by atoms with Crippen LogP contribution in [0.2, 0.25) is 0 Å². The summed E-state index contributed by atoms with van der Waals surface area (Å²) >= 11 is 0. The fourth-order valence-electron chi connectivity index (χ4n) is 1.42. The van der Waals surface area contributed by atoms with Gasteiger partial charge in [-0.15, -0.1) is 0 Å². The average molecular weight is 262 g/mol. The Balaban J connectivity index is 2.25. The maximum Gasteiger partial charge on any atom is 0.335 e. The lowest BCUT2D eigenvalue weighted by Gasteiger charge is -2.06. The van der Waals surface area contributed by atoms with Crippen LogP contribution in [0.15, 0.2) is 28.8 Å². The van der Waals surface area contributed by atoms with Gasteiger partial charge in [-0.2, -0.15) is 0 Å². The Hall–Kier alpha value is -2.83. The molecule has 0 radical (unpaired) electrons. The third kappa shape index (κ3) is 2.71. The van der Waals surface area contributed by atoms with Crippen LogP contribution in [0.4, 0.5) is 5.69 Å². The van der Waals surface area contributed by atoms with E-state index < -0.39 is 11.9 Å². The lowest BCUT2D eigenvalue weighted by Crippen LogP contribution is -2.11. The predicted octanol–water partition coefficient (Wildman–Crippen LogP) is 1.64. The normalized spacial score (nSPS) is 10.2. The highest BCUT2D eigenvalue weighted by Gasteiger charge is 2.15. The molecule has 0 atom stereocenters. The molecule has 0 saturated carbocycles. The van der Waals surface area contributed by atoms with Crippen molar-refractivity contribution >= 4 is 17.6 Å². The van der Waals surface area contributed by atoms with Gasteiger partial charge in [-0.25, -0.2) is 4.79 Å². The van der Waals surface area contributed by atoms with E-state index in [0.29, 0.717) is 5.69 Å². The van der Waals surface area contributed by atoms with Gasteiger partial charge in [-0.05, 0) is 25.1 Å². The van der Waals surface area contributed by atoms with E-state index in [4.69, 9.17) is 9.63 Å². The fraction of sp³-hybridized carbons (Fsp3) is 0.0833. The smallest absolute Gasteiger partial charge is 0.335 e. The zero-order valence-electron chi connectivity index (χ0n) is 9.88. The second-order valence-electron chi connectivity index (χ2n) is 3.82. The summed E-state index contributed by atoms with van der Waals surface area (Å²) in [6.07, 6.45) is 0. The van der Waals surface area contributed by atoms with Crippen LogP contribution in [0, 0.1) is 6.92 Å². The number of hydrogen-bond acceptors (Lipinski definition) is 5. The number of anilines is 1. The standard InChI is InChI=1S/C12H10N2O5/c1-6-4-10(19-14-6)11(16)13-8-5-7(12(17)18)2-3-9(8)15/h2-5,15H,1H3,(H,13,16)(H,17,18). The van der Waals surface area contributed by atoms with E-state index in [-0.39, 0.29) is 22.8 Å².